The molecule has 11 heteroatoms. The van der Waals surface area contributed by atoms with Crippen LogP contribution in [0.5, 0.6) is 5.75 Å². The van der Waals surface area contributed by atoms with Crippen molar-refractivity contribution in [3.8, 4) is 5.75 Å². The van der Waals surface area contributed by atoms with Crippen LogP contribution in [0.4, 0.5) is 5.69 Å². The van der Waals surface area contributed by atoms with E-state index in [0.29, 0.717) is 69.3 Å². The second kappa shape index (κ2) is 13.2. The highest BCUT2D eigenvalue weighted by Crippen LogP contribution is 2.31. The fourth-order valence-corrected chi connectivity index (χ4v) is 4.52. The standard InChI is InChI=1S/C28H36N6O5/c1-3-32(2)24(35)10-7-15-39-22-11-12-23-21(18-22)19-34(27(25(29)36)33-13-16-38-17-14-33)28(30-23)31-26(37)20-8-5-4-6-9-20/h4-6,8-9,11-12,18,27H,3,7,10,13-17,19H2,1-2H3,(H2,29,36)(H,30,31,37). The monoisotopic (exact) mass is 536 g/mol. The molecule has 11 nitrogen and oxygen atoms in total. The van der Waals surface area contributed by atoms with Gasteiger partial charge >= 0.3 is 0 Å². The van der Waals surface area contributed by atoms with Crippen molar-refractivity contribution >= 4 is 29.4 Å². The summed E-state index contributed by atoms with van der Waals surface area (Å²) in [7, 11) is 1.78. The van der Waals surface area contributed by atoms with Crippen molar-refractivity contribution in [1.82, 2.24) is 20.0 Å². The molecule has 2 aromatic carbocycles. The Morgan fingerprint density at radius 2 is 1.90 bits per heavy atom. The van der Waals surface area contributed by atoms with Gasteiger partial charge in [-0.15, -0.1) is 0 Å². The lowest BCUT2D eigenvalue weighted by molar-refractivity contribution is -0.131. The van der Waals surface area contributed by atoms with E-state index >= 15 is 0 Å². The first kappa shape index (κ1) is 28.1. The van der Waals surface area contributed by atoms with Crippen LogP contribution in [0.3, 0.4) is 0 Å². The van der Waals surface area contributed by atoms with Crippen molar-refractivity contribution in [2.45, 2.75) is 32.5 Å². The zero-order valence-corrected chi connectivity index (χ0v) is 22.5. The highest BCUT2D eigenvalue weighted by molar-refractivity contribution is 6.07. The van der Waals surface area contributed by atoms with E-state index in [9.17, 15) is 14.4 Å². The van der Waals surface area contributed by atoms with E-state index in [-0.39, 0.29) is 24.3 Å². The highest BCUT2D eigenvalue weighted by atomic mass is 16.5. The maximum atomic E-state index is 13.0. The number of fused-ring (bicyclic) bond motifs is 1. The summed E-state index contributed by atoms with van der Waals surface area (Å²) in [6.07, 6.45) is 0.182. The molecule has 0 bridgehead atoms. The smallest absolute Gasteiger partial charge is 0.257 e. The van der Waals surface area contributed by atoms with Crippen molar-refractivity contribution in [3.63, 3.8) is 0 Å². The van der Waals surface area contributed by atoms with E-state index in [0.717, 1.165) is 5.56 Å². The summed E-state index contributed by atoms with van der Waals surface area (Å²) in [6.45, 7) is 5.28. The summed E-state index contributed by atoms with van der Waals surface area (Å²) in [5.74, 6) is 0.0902. The lowest BCUT2D eigenvalue weighted by atomic mass is 10.1. The first-order valence-electron chi connectivity index (χ1n) is 13.2. The number of hydrogen-bond donors (Lipinski definition) is 2. The first-order valence-corrected chi connectivity index (χ1v) is 13.2. The minimum atomic E-state index is -0.831. The molecule has 0 aliphatic carbocycles. The number of nitrogens with two attached hydrogens (primary N) is 1. The molecule has 0 aromatic heterocycles. The molecule has 0 saturated carbocycles. The zero-order chi connectivity index (χ0) is 27.8. The average molecular weight is 537 g/mol. The molecule has 2 aromatic rings. The Labute approximate surface area is 228 Å². The van der Waals surface area contributed by atoms with E-state index in [4.69, 9.17) is 20.2 Å². The molecule has 1 fully saturated rings. The summed E-state index contributed by atoms with van der Waals surface area (Å²) in [5, 5.41) is 2.89. The maximum absolute atomic E-state index is 13.0. The number of nitrogens with zero attached hydrogens (tertiary/aromatic N) is 4. The van der Waals surface area contributed by atoms with Gasteiger partial charge in [-0.1, -0.05) is 18.2 Å². The van der Waals surface area contributed by atoms with Crippen LogP contribution in [0.15, 0.2) is 53.5 Å². The molecular weight excluding hydrogens is 500 g/mol. The fourth-order valence-electron chi connectivity index (χ4n) is 4.52. The fraction of sp³-hybridized carbons (Fsp3) is 0.429. The quantitative estimate of drug-likeness (QED) is 0.442. The number of ether oxygens (including phenoxy) is 2. The van der Waals surface area contributed by atoms with Gasteiger partial charge < -0.3 is 25.0 Å². The van der Waals surface area contributed by atoms with Crippen molar-refractivity contribution in [3.05, 3.63) is 59.7 Å². The average Bonchev–Trinajstić information content (AvgIpc) is 2.96. The van der Waals surface area contributed by atoms with Crippen LogP contribution in [-0.2, 0) is 20.9 Å². The predicted molar refractivity (Wildman–Crippen MR) is 146 cm³/mol. The van der Waals surface area contributed by atoms with Crippen LogP contribution in [0.1, 0.15) is 35.7 Å². The van der Waals surface area contributed by atoms with Gasteiger partial charge in [0.1, 0.15) is 5.75 Å². The highest BCUT2D eigenvalue weighted by Gasteiger charge is 2.36. The summed E-state index contributed by atoms with van der Waals surface area (Å²) in [5.41, 5.74) is 7.86. The molecule has 3 N–H and O–H groups in total. The molecule has 0 radical (unpaired) electrons. The third-order valence-corrected chi connectivity index (χ3v) is 6.80. The zero-order valence-electron chi connectivity index (χ0n) is 22.5. The molecule has 4 rings (SSSR count). The van der Waals surface area contributed by atoms with Gasteiger partial charge in [-0.3, -0.25) is 24.6 Å². The third-order valence-electron chi connectivity index (χ3n) is 6.80. The summed E-state index contributed by atoms with van der Waals surface area (Å²) < 4.78 is 11.4. The third kappa shape index (κ3) is 7.12. The van der Waals surface area contributed by atoms with Gasteiger partial charge in [0, 0.05) is 44.2 Å². The number of amides is 3. The lowest BCUT2D eigenvalue weighted by Crippen LogP contribution is -2.62. The molecule has 1 atom stereocenters. The number of aliphatic imine (C=N–C) groups is 1. The van der Waals surface area contributed by atoms with Crippen LogP contribution < -0.4 is 15.8 Å². The summed E-state index contributed by atoms with van der Waals surface area (Å²) >= 11 is 0. The summed E-state index contributed by atoms with van der Waals surface area (Å²) in [6, 6.07) is 14.3. The van der Waals surface area contributed by atoms with Gasteiger partial charge in [-0.25, -0.2) is 4.99 Å². The molecule has 2 aliphatic heterocycles. The first-order chi connectivity index (χ1) is 18.9. The Morgan fingerprint density at radius 1 is 1.15 bits per heavy atom. The van der Waals surface area contributed by atoms with E-state index in [1.54, 1.807) is 41.1 Å². The molecule has 2 heterocycles. The Hall–Kier alpha value is -3.96. The number of carbonyl (C=O) groups is 3. The van der Waals surface area contributed by atoms with Crippen molar-refractivity contribution in [2.24, 2.45) is 10.7 Å². The molecule has 208 valence electrons. The topological polar surface area (TPSA) is 130 Å². The predicted octanol–water partition coefficient (Wildman–Crippen LogP) is 1.70. The molecule has 1 saturated heterocycles. The molecule has 1 unspecified atom stereocenters. The SMILES string of the molecule is CCN(C)C(=O)CCCOc1ccc2c(c1)CN(C(C(N)=O)N1CCOCC1)C(NC(=O)c1ccccc1)=N2. The van der Waals surface area contributed by atoms with Gasteiger partial charge in [-0.05, 0) is 43.7 Å². The Kier molecular flexibility index (Phi) is 9.50. The number of carbonyl (C=O) groups excluding carboxylic acids is 3. The van der Waals surface area contributed by atoms with Gasteiger partial charge in [0.05, 0.1) is 32.1 Å². The van der Waals surface area contributed by atoms with E-state index in [2.05, 4.69) is 5.32 Å². The van der Waals surface area contributed by atoms with Crippen molar-refractivity contribution in [1.29, 1.82) is 0 Å². The number of morpholine rings is 1. The number of primary amides is 1. The second-order valence-corrected chi connectivity index (χ2v) is 9.46. The largest absolute Gasteiger partial charge is 0.494 e. The van der Waals surface area contributed by atoms with Gasteiger partial charge in [-0.2, -0.15) is 0 Å². The van der Waals surface area contributed by atoms with Gasteiger partial charge in [0.15, 0.2) is 6.17 Å². The van der Waals surface area contributed by atoms with E-state index < -0.39 is 12.1 Å². The number of hydrogen-bond acceptors (Lipinski definition) is 8. The van der Waals surface area contributed by atoms with E-state index in [1.165, 1.54) is 0 Å². The number of guanidine groups is 1. The second-order valence-electron chi connectivity index (χ2n) is 9.46. The Balaban J connectivity index is 1.55. The lowest BCUT2D eigenvalue weighted by Gasteiger charge is -2.42. The van der Waals surface area contributed by atoms with E-state index in [1.807, 2.05) is 36.1 Å². The summed E-state index contributed by atoms with van der Waals surface area (Å²) in [4.78, 5) is 47.9. The van der Waals surface area contributed by atoms with Crippen LogP contribution in [-0.4, -0.2) is 91.0 Å². The van der Waals surface area contributed by atoms with Crippen LogP contribution in [0.2, 0.25) is 0 Å². The Bertz CT molecular complexity index is 1200. The van der Waals surface area contributed by atoms with Crippen molar-refractivity contribution in [2.75, 3.05) is 46.5 Å². The minimum absolute atomic E-state index is 0.0854. The van der Waals surface area contributed by atoms with Crippen LogP contribution >= 0.6 is 0 Å². The minimum Gasteiger partial charge on any atom is -0.494 e. The number of nitrogens with one attached hydrogen (secondary N) is 1. The van der Waals surface area contributed by atoms with Crippen molar-refractivity contribution < 1.29 is 23.9 Å². The maximum Gasteiger partial charge on any atom is 0.257 e. The molecule has 2 aliphatic rings. The molecule has 3 amide bonds. The number of benzene rings is 2. The van der Waals surface area contributed by atoms with Crippen LogP contribution in [0, 0.1) is 0 Å². The van der Waals surface area contributed by atoms with Crippen LogP contribution in [0.25, 0.3) is 0 Å². The Morgan fingerprint density at radius 3 is 2.59 bits per heavy atom. The van der Waals surface area contributed by atoms with Gasteiger partial charge in [0.25, 0.3) is 11.8 Å². The molecular formula is C28H36N6O5. The molecule has 0 spiro atoms. The van der Waals surface area contributed by atoms with Gasteiger partial charge in [0.2, 0.25) is 11.9 Å². The molecule has 39 heavy (non-hydrogen) atoms. The number of rotatable bonds is 10. The normalized spacial score (nSPS) is 16.1.